The highest BCUT2D eigenvalue weighted by molar-refractivity contribution is 9.10. The van der Waals surface area contributed by atoms with E-state index in [9.17, 15) is 9.50 Å². The van der Waals surface area contributed by atoms with Crippen molar-refractivity contribution in [1.82, 2.24) is 0 Å². The van der Waals surface area contributed by atoms with Crippen molar-refractivity contribution in [3.05, 3.63) is 40.6 Å². The Morgan fingerprint density at radius 3 is 2.79 bits per heavy atom. The monoisotopic (exact) mass is 260 g/mol. The van der Waals surface area contributed by atoms with E-state index in [0.29, 0.717) is 10.2 Å². The summed E-state index contributed by atoms with van der Waals surface area (Å²) < 4.78 is 18.9. The normalized spacial score (nSPS) is 12.3. The minimum atomic E-state index is -1.06. The van der Waals surface area contributed by atoms with Gasteiger partial charge in [-0.2, -0.15) is 0 Å². The van der Waals surface area contributed by atoms with Gasteiger partial charge in [0.1, 0.15) is 17.7 Å². The lowest BCUT2D eigenvalue weighted by molar-refractivity contribution is 0.217. The van der Waals surface area contributed by atoms with E-state index in [2.05, 4.69) is 22.5 Å². The van der Waals surface area contributed by atoms with Crippen LogP contribution in [-0.2, 0) is 0 Å². The van der Waals surface area contributed by atoms with Gasteiger partial charge in [0.05, 0.1) is 12.7 Å². The van der Waals surface area contributed by atoms with Gasteiger partial charge < -0.3 is 9.84 Å². The summed E-state index contributed by atoms with van der Waals surface area (Å²) in [4.78, 5) is 0. The third-order valence-corrected chi connectivity index (χ3v) is 2.25. The SMILES string of the molecule is C=CC(O)c1c(F)cc(Br)cc1OC. The Kier molecular flexibility index (Phi) is 3.66. The largest absolute Gasteiger partial charge is 0.496 e. The fourth-order valence-corrected chi connectivity index (χ4v) is 1.54. The number of benzene rings is 1. The van der Waals surface area contributed by atoms with Gasteiger partial charge in [0.15, 0.2) is 0 Å². The molecule has 1 unspecified atom stereocenters. The van der Waals surface area contributed by atoms with Crippen LogP contribution in [0.15, 0.2) is 29.3 Å². The van der Waals surface area contributed by atoms with E-state index in [0.717, 1.165) is 0 Å². The van der Waals surface area contributed by atoms with Crippen LogP contribution in [-0.4, -0.2) is 12.2 Å². The third-order valence-electron chi connectivity index (χ3n) is 1.80. The maximum Gasteiger partial charge on any atom is 0.134 e. The average molecular weight is 261 g/mol. The Bertz CT molecular complexity index is 352. The van der Waals surface area contributed by atoms with E-state index < -0.39 is 11.9 Å². The zero-order valence-electron chi connectivity index (χ0n) is 7.63. The molecule has 0 heterocycles. The van der Waals surface area contributed by atoms with Crippen LogP contribution in [0.4, 0.5) is 4.39 Å². The Labute approximate surface area is 90.1 Å². The Balaban J connectivity index is 3.31. The second-order valence-corrected chi connectivity index (χ2v) is 3.60. The Morgan fingerprint density at radius 2 is 2.29 bits per heavy atom. The number of aliphatic hydroxyl groups is 1. The molecular formula is C10H10BrFO2. The van der Waals surface area contributed by atoms with Crippen LogP contribution in [0.1, 0.15) is 11.7 Å². The number of hydrogen-bond acceptors (Lipinski definition) is 2. The van der Waals surface area contributed by atoms with Gasteiger partial charge >= 0.3 is 0 Å². The smallest absolute Gasteiger partial charge is 0.134 e. The minimum Gasteiger partial charge on any atom is -0.496 e. The predicted octanol–water partition coefficient (Wildman–Crippen LogP) is 2.82. The standard InChI is InChI=1S/C10H10BrFO2/c1-3-8(13)10-7(12)4-6(11)5-9(10)14-2/h3-5,8,13H,1H2,2H3. The number of ether oxygens (including phenoxy) is 1. The summed E-state index contributed by atoms with van der Waals surface area (Å²) in [6.45, 7) is 3.39. The summed E-state index contributed by atoms with van der Waals surface area (Å²) in [6.07, 6.45) is 0.188. The van der Waals surface area contributed by atoms with Crippen molar-refractivity contribution < 1.29 is 14.2 Å². The molecule has 0 saturated carbocycles. The second kappa shape index (κ2) is 4.57. The summed E-state index contributed by atoms with van der Waals surface area (Å²) in [5, 5.41) is 9.46. The van der Waals surface area contributed by atoms with Gasteiger partial charge in [-0.1, -0.05) is 22.0 Å². The Hall–Kier alpha value is -0.870. The number of aliphatic hydroxyl groups excluding tert-OH is 1. The first-order chi connectivity index (χ1) is 6.60. The van der Waals surface area contributed by atoms with Crippen molar-refractivity contribution in [3.8, 4) is 5.75 Å². The van der Waals surface area contributed by atoms with Crippen LogP contribution in [0.5, 0.6) is 5.75 Å². The molecule has 0 radical (unpaired) electrons. The lowest BCUT2D eigenvalue weighted by Gasteiger charge is -2.12. The molecule has 76 valence electrons. The van der Waals surface area contributed by atoms with Crippen molar-refractivity contribution in [2.45, 2.75) is 6.10 Å². The van der Waals surface area contributed by atoms with Crippen molar-refractivity contribution in [2.24, 2.45) is 0 Å². The van der Waals surface area contributed by atoms with Gasteiger partial charge in [-0.25, -0.2) is 4.39 Å². The highest BCUT2D eigenvalue weighted by Crippen LogP contribution is 2.31. The van der Waals surface area contributed by atoms with Gasteiger partial charge in [-0.3, -0.25) is 0 Å². The average Bonchev–Trinajstić information content (AvgIpc) is 2.15. The van der Waals surface area contributed by atoms with Gasteiger partial charge in [-0.15, -0.1) is 6.58 Å². The Morgan fingerprint density at radius 1 is 1.64 bits per heavy atom. The van der Waals surface area contributed by atoms with Gasteiger partial charge in [-0.05, 0) is 12.1 Å². The van der Waals surface area contributed by atoms with Crippen LogP contribution in [0.25, 0.3) is 0 Å². The van der Waals surface area contributed by atoms with Crippen LogP contribution in [0, 0.1) is 5.82 Å². The number of rotatable bonds is 3. The zero-order chi connectivity index (χ0) is 10.7. The lowest BCUT2D eigenvalue weighted by Crippen LogP contribution is -2.01. The molecule has 1 aromatic carbocycles. The molecule has 0 saturated heterocycles. The molecule has 4 heteroatoms. The molecule has 0 amide bonds. The van der Waals surface area contributed by atoms with Crippen molar-refractivity contribution in [3.63, 3.8) is 0 Å². The maximum absolute atomic E-state index is 13.4. The van der Waals surface area contributed by atoms with E-state index in [-0.39, 0.29) is 5.56 Å². The first-order valence-electron chi connectivity index (χ1n) is 3.93. The van der Waals surface area contributed by atoms with E-state index in [4.69, 9.17) is 4.74 Å². The molecule has 0 aliphatic carbocycles. The van der Waals surface area contributed by atoms with Crippen LogP contribution >= 0.6 is 15.9 Å². The van der Waals surface area contributed by atoms with Crippen molar-refractivity contribution >= 4 is 15.9 Å². The number of halogens is 2. The van der Waals surface area contributed by atoms with E-state index in [1.807, 2.05) is 0 Å². The highest BCUT2D eigenvalue weighted by Gasteiger charge is 2.16. The fourth-order valence-electron chi connectivity index (χ4n) is 1.13. The lowest BCUT2D eigenvalue weighted by atomic mass is 10.1. The predicted molar refractivity (Wildman–Crippen MR) is 55.8 cm³/mol. The summed E-state index contributed by atoms with van der Waals surface area (Å²) in [7, 11) is 1.42. The molecule has 0 fully saturated rings. The van der Waals surface area contributed by atoms with Crippen LogP contribution in [0.3, 0.4) is 0 Å². The van der Waals surface area contributed by atoms with Gasteiger partial charge in [0.25, 0.3) is 0 Å². The molecule has 0 aliphatic heterocycles. The highest BCUT2D eigenvalue weighted by atomic mass is 79.9. The molecule has 14 heavy (non-hydrogen) atoms. The molecule has 1 aromatic rings. The van der Waals surface area contributed by atoms with Crippen LogP contribution in [0.2, 0.25) is 0 Å². The first-order valence-corrected chi connectivity index (χ1v) is 4.73. The van der Waals surface area contributed by atoms with Gasteiger partial charge in [0, 0.05) is 4.47 Å². The summed E-state index contributed by atoms with van der Waals surface area (Å²) in [5.74, 6) is -0.229. The number of hydrogen-bond donors (Lipinski definition) is 1. The van der Waals surface area contributed by atoms with E-state index in [1.165, 1.54) is 19.3 Å². The number of methoxy groups -OCH3 is 1. The molecule has 2 nitrogen and oxygen atoms in total. The minimum absolute atomic E-state index is 0.103. The topological polar surface area (TPSA) is 29.5 Å². The summed E-state index contributed by atoms with van der Waals surface area (Å²) in [6, 6.07) is 2.86. The van der Waals surface area contributed by atoms with Crippen LogP contribution < -0.4 is 4.74 Å². The first kappa shape index (κ1) is 11.2. The third kappa shape index (κ3) is 2.13. The molecular weight excluding hydrogens is 251 g/mol. The molecule has 1 N–H and O–H groups in total. The second-order valence-electron chi connectivity index (χ2n) is 2.68. The quantitative estimate of drug-likeness (QED) is 0.848. The molecule has 0 aromatic heterocycles. The molecule has 0 spiro atoms. The molecule has 0 bridgehead atoms. The van der Waals surface area contributed by atoms with Crippen molar-refractivity contribution in [2.75, 3.05) is 7.11 Å². The summed E-state index contributed by atoms with van der Waals surface area (Å²) in [5.41, 5.74) is 0.103. The molecule has 1 atom stereocenters. The van der Waals surface area contributed by atoms with Gasteiger partial charge in [0.2, 0.25) is 0 Å². The van der Waals surface area contributed by atoms with Crippen molar-refractivity contribution in [1.29, 1.82) is 0 Å². The summed E-state index contributed by atoms with van der Waals surface area (Å²) >= 11 is 3.13. The zero-order valence-corrected chi connectivity index (χ0v) is 9.21. The fraction of sp³-hybridized carbons (Fsp3) is 0.200. The maximum atomic E-state index is 13.4. The van der Waals surface area contributed by atoms with E-state index >= 15 is 0 Å². The molecule has 1 rings (SSSR count). The van der Waals surface area contributed by atoms with E-state index in [1.54, 1.807) is 6.07 Å². The molecule has 0 aliphatic rings.